The number of aryl methyl sites for hydroxylation is 2. The predicted octanol–water partition coefficient (Wildman–Crippen LogP) is 0.879. The summed E-state index contributed by atoms with van der Waals surface area (Å²) < 4.78 is 0. The molecule has 1 aromatic carbocycles. The molecule has 0 aliphatic heterocycles. The van der Waals surface area contributed by atoms with Crippen LogP contribution in [0.4, 0.5) is 0 Å². The molecule has 104 valence electrons. The summed E-state index contributed by atoms with van der Waals surface area (Å²) in [5.41, 5.74) is 2.17. The number of rotatable bonds is 7. The summed E-state index contributed by atoms with van der Waals surface area (Å²) in [6.45, 7) is 1.71. The topological polar surface area (TPSA) is 86.6 Å². The average molecular weight is 265 g/mol. The van der Waals surface area contributed by atoms with E-state index >= 15 is 0 Å². The van der Waals surface area contributed by atoms with Crippen molar-refractivity contribution in [3.05, 3.63) is 35.4 Å². The summed E-state index contributed by atoms with van der Waals surface area (Å²) in [7, 11) is 0. The van der Waals surface area contributed by atoms with Crippen LogP contribution < -0.4 is 5.32 Å². The highest BCUT2D eigenvalue weighted by Gasteiger charge is 2.18. The Bertz CT molecular complexity index is 445. The van der Waals surface area contributed by atoms with E-state index in [0.717, 1.165) is 11.1 Å². The van der Waals surface area contributed by atoms with E-state index < -0.39 is 12.0 Å². The van der Waals surface area contributed by atoms with Crippen LogP contribution in [0, 0.1) is 6.92 Å². The number of carbonyl (C=O) groups is 2. The highest BCUT2D eigenvalue weighted by molar-refractivity contribution is 5.83. The molecular weight excluding hydrogens is 246 g/mol. The summed E-state index contributed by atoms with van der Waals surface area (Å²) >= 11 is 0. The van der Waals surface area contributed by atoms with Crippen molar-refractivity contribution in [2.45, 2.75) is 32.2 Å². The number of hydrogen-bond donors (Lipinski definition) is 3. The molecule has 1 aromatic rings. The lowest BCUT2D eigenvalue weighted by Gasteiger charge is -2.13. The van der Waals surface area contributed by atoms with Crippen molar-refractivity contribution in [2.24, 2.45) is 0 Å². The monoisotopic (exact) mass is 265 g/mol. The molecule has 0 aliphatic rings. The molecule has 0 saturated carbocycles. The van der Waals surface area contributed by atoms with Crippen molar-refractivity contribution in [2.75, 3.05) is 6.61 Å². The third-order valence-corrected chi connectivity index (χ3v) is 2.77. The normalized spacial score (nSPS) is 11.9. The first-order valence-corrected chi connectivity index (χ1v) is 6.21. The molecule has 1 rings (SSSR count). The Balaban J connectivity index is 2.44. The zero-order chi connectivity index (χ0) is 14.3. The summed E-state index contributed by atoms with van der Waals surface area (Å²) in [5.74, 6) is -1.44. The maximum atomic E-state index is 11.6. The first kappa shape index (κ1) is 15.2. The second-order valence-corrected chi connectivity index (χ2v) is 4.46. The van der Waals surface area contributed by atoms with Gasteiger partial charge in [-0.1, -0.05) is 29.8 Å². The van der Waals surface area contributed by atoms with E-state index in [4.69, 9.17) is 10.2 Å². The number of amides is 1. The standard InChI is InChI=1S/C14H19NO4/c1-10-3-2-4-11(9-10)5-6-13(17)15-12(7-8-16)14(18)19/h2-4,9,12,16H,5-8H2,1H3,(H,15,17)(H,18,19)/t12-/m0/s1. The van der Waals surface area contributed by atoms with E-state index in [1.807, 2.05) is 31.2 Å². The van der Waals surface area contributed by atoms with E-state index in [2.05, 4.69) is 5.32 Å². The summed E-state index contributed by atoms with van der Waals surface area (Å²) in [6.07, 6.45) is 0.823. The lowest BCUT2D eigenvalue weighted by molar-refractivity contribution is -0.142. The lowest BCUT2D eigenvalue weighted by Crippen LogP contribution is -2.41. The van der Waals surface area contributed by atoms with Gasteiger partial charge in [0, 0.05) is 19.4 Å². The predicted molar refractivity (Wildman–Crippen MR) is 70.8 cm³/mol. The van der Waals surface area contributed by atoms with Gasteiger partial charge in [0.1, 0.15) is 6.04 Å². The second-order valence-electron chi connectivity index (χ2n) is 4.46. The van der Waals surface area contributed by atoms with Crippen molar-refractivity contribution >= 4 is 11.9 Å². The Labute approximate surface area is 112 Å². The maximum Gasteiger partial charge on any atom is 0.326 e. The Kier molecular flexibility index (Phi) is 6.02. The van der Waals surface area contributed by atoms with Gasteiger partial charge in [-0.05, 0) is 18.9 Å². The van der Waals surface area contributed by atoms with Crippen LogP contribution in [0.15, 0.2) is 24.3 Å². The van der Waals surface area contributed by atoms with Crippen LogP contribution in [0.1, 0.15) is 24.0 Å². The van der Waals surface area contributed by atoms with E-state index in [1.165, 1.54) is 0 Å². The second kappa shape index (κ2) is 7.53. The van der Waals surface area contributed by atoms with Gasteiger partial charge in [0.2, 0.25) is 5.91 Å². The van der Waals surface area contributed by atoms with Crippen LogP contribution in [0.25, 0.3) is 0 Å². The molecule has 1 atom stereocenters. The molecule has 5 heteroatoms. The molecule has 0 bridgehead atoms. The van der Waals surface area contributed by atoms with Gasteiger partial charge in [-0.25, -0.2) is 4.79 Å². The third-order valence-electron chi connectivity index (χ3n) is 2.77. The zero-order valence-electron chi connectivity index (χ0n) is 10.9. The first-order chi connectivity index (χ1) is 9.02. The number of aliphatic hydroxyl groups excluding tert-OH is 1. The fraction of sp³-hybridized carbons (Fsp3) is 0.429. The van der Waals surface area contributed by atoms with E-state index in [0.29, 0.717) is 6.42 Å². The first-order valence-electron chi connectivity index (χ1n) is 6.21. The number of aliphatic carboxylic acids is 1. The van der Waals surface area contributed by atoms with E-state index in [9.17, 15) is 9.59 Å². The molecule has 0 fully saturated rings. The van der Waals surface area contributed by atoms with Gasteiger partial charge in [0.05, 0.1) is 0 Å². The van der Waals surface area contributed by atoms with E-state index in [1.54, 1.807) is 0 Å². The Morgan fingerprint density at radius 1 is 1.37 bits per heavy atom. The number of carboxylic acids is 1. The largest absolute Gasteiger partial charge is 0.480 e. The number of benzene rings is 1. The molecule has 0 aliphatic carbocycles. The minimum Gasteiger partial charge on any atom is -0.480 e. The smallest absolute Gasteiger partial charge is 0.326 e. The Morgan fingerprint density at radius 2 is 2.11 bits per heavy atom. The fourth-order valence-electron chi connectivity index (χ4n) is 1.78. The molecule has 3 N–H and O–H groups in total. The zero-order valence-corrected chi connectivity index (χ0v) is 10.9. The summed E-state index contributed by atoms with van der Waals surface area (Å²) in [5, 5.41) is 20.0. The van der Waals surface area contributed by atoms with Gasteiger partial charge in [0.15, 0.2) is 0 Å². The minimum atomic E-state index is -1.13. The molecule has 5 nitrogen and oxygen atoms in total. The van der Waals surface area contributed by atoms with E-state index in [-0.39, 0.29) is 25.4 Å². The van der Waals surface area contributed by atoms with Crippen molar-refractivity contribution in [1.29, 1.82) is 0 Å². The Morgan fingerprint density at radius 3 is 2.68 bits per heavy atom. The van der Waals surface area contributed by atoms with Gasteiger partial charge in [-0.2, -0.15) is 0 Å². The molecule has 19 heavy (non-hydrogen) atoms. The van der Waals surface area contributed by atoms with Gasteiger partial charge in [-0.15, -0.1) is 0 Å². The van der Waals surface area contributed by atoms with Gasteiger partial charge in [-0.3, -0.25) is 4.79 Å². The molecular formula is C14H19NO4. The SMILES string of the molecule is Cc1cccc(CCC(=O)N[C@@H](CCO)C(=O)O)c1. The minimum absolute atomic E-state index is 0.0194. The van der Waals surface area contributed by atoms with Gasteiger partial charge < -0.3 is 15.5 Å². The number of aliphatic hydroxyl groups is 1. The van der Waals surface area contributed by atoms with Crippen molar-refractivity contribution in [1.82, 2.24) is 5.32 Å². The molecule has 0 saturated heterocycles. The van der Waals surface area contributed by atoms with Crippen LogP contribution in [-0.4, -0.2) is 34.7 Å². The molecule has 0 radical (unpaired) electrons. The third kappa shape index (κ3) is 5.52. The summed E-state index contributed by atoms with van der Waals surface area (Å²) in [4.78, 5) is 22.5. The fourth-order valence-corrected chi connectivity index (χ4v) is 1.78. The van der Waals surface area contributed by atoms with Crippen molar-refractivity contribution in [3.63, 3.8) is 0 Å². The van der Waals surface area contributed by atoms with Crippen molar-refractivity contribution < 1.29 is 19.8 Å². The Hall–Kier alpha value is -1.88. The molecule has 0 heterocycles. The molecule has 0 spiro atoms. The average Bonchev–Trinajstić information content (AvgIpc) is 2.36. The lowest BCUT2D eigenvalue weighted by atomic mass is 10.1. The number of nitrogens with one attached hydrogen (secondary N) is 1. The van der Waals surface area contributed by atoms with Crippen LogP contribution in [0.2, 0.25) is 0 Å². The van der Waals surface area contributed by atoms with Gasteiger partial charge >= 0.3 is 5.97 Å². The van der Waals surface area contributed by atoms with Crippen LogP contribution in [0.3, 0.4) is 0 Å². The van der Waals surface area contributed by atoms with Crippen LogP contribution in [-0.2, 0) is 16.0 Å². The maximum absolute atomic E-state index is 11.6. The quantitative estimate of drug-likeness (QED) is 0.683. The highest BCUT2D eigenvalue weighted by atomic mass is 16.4. The number of hydrogen-bond acceptors (Lipinski definition) is 3. The molecule has 0 unspecified atom stereocenters. The molecule has 1 amide bonds. The molecule has 0 aromatic heterocycles. The number of carboxylic acid groups (broad SMARTS) is 1. The van der Waals surface area contributed by atoms with Crippen LogP contribution in [0.5, 0.6) is 0 Å². The highest BCUT2D eigenvalue weighted by Crippen LogP contribution is 2.06. The van der Waals surface area contributed by atoms with Gasteiger partial charge in [0.25, 0.3) is 0 Å². The summed E-state index contributed by atoms with van der Waals surface area (Å²) in [6, 6.07) is 6.81. The van der Waals surface area contributed by atoms with Crippen LogP contribution >= 0.6 is 0 Å². The number of carbonyl (C=O) groups excluding carboxylic acids is 1. The van der Waals surface area contributed by atoms with Crippen molar-refractivity contribution in [3.8, 4) is 0 Å².